The summed E-state index contributed by atoms with van der Waals surface area (Å²) in [4.78, 5) is 25.5. The number of ether oxygens (including phenoxy) is 1. The van der Waals surface area contributed by atoms with E-state index in [0.717, 1.165) is 31.5 Å². The Kier molecular flexibility index (Phi) is 8.04. The molecule has 37 heavy (non-hydrogen) atoms. The Bertz CT molecular complexity index is 1290. The summed E-state index contributed by atoms with van der Waals surface area (Å²) in [6.07, 6.45) is 3.67. The average molecular weight is 529 g/mol. The number of aromatic nitrogens is 2. The molecule has 2 aromatic carbocycles. The summed E-state index contributed by atoms with van der Waals surface area (Å²) in [7, 11) is 1.59. The maximum atomic E-state index is 14.7. The number of primary amides is 1. The number of carbonyl (C=O) groups is 1. The van der Waals surface area contributed by atoms with Crippen molar-refractivity contribution in [2.24, 2.45) is 11.7 Å². The minimum Gasteiger partial charge on any atom is -0.496 e. The second-order valence-corrected chi connectivity index (χ2v) is 10.3. The molecule has 1 aliphatic heterocycles. The van der Waals surface area contributed by atoms with Gasteiger partial charge < -0.3 is 20.7 Å². The van der Waals surface area contributed by atoms with E-state index in [1.807, 2.05) is 19.1 Å². The van der Waals surface area contributed by atoms with Crippen LogP contribution in [0.4, 0.5) is 20.7 Å². The predicted molar refractivity (Wildman–Crippen MR) is 145 cm³/mol. The Balaban J connectivity index is 1.81. The molecule has 2 atom stereocenters. The van der Waals surface area contributed by atoms with E-state index in [4.69, 9.17) is 22.1 Å². The van der Waals surface area contributed by atoms with Gasteiger partial charge in [-0.25, -0.2) is 19.2 Å². The number of urea groups is 1. The minimum atomic E-state index is -0.774. The monoisotopic (exact) mass is 528 g/mol. The average Bonchev–Trinajstić information content (AvgIpc) is 2.86. The summed E-state index contributed by atoms with van der Waals surface area (Å²) >= 11 is 5.98. The number of nitrogens with zero attached hydrogens (tertiary/aromatic N) is 4. The molecule has 0 aliphatic carbocycles. The van der Waals surface area contributed by atoms with Crippen LogP contribution >= 0.6 is 11.6 Å². The van der Waals surface area contributed by atoms with Crippen LogP contribution in [0.3, 0.4) is 0 Å². The Morgan fingerprint density at radius 1 is 1.32 bits per heavy atom. The van der Waals surface area contributed by atoms with Crippen molar-refractivity contribution in [3.8, 4) is 5.75 Å². The summed E-state index contributed by atoms with van der Waals surface area (Å²) in [6.45, 7) is 9.20. The Hall–Kier alpha value is -3.17. The number of methoxy groups -OCH3 is 1. The van der Waals surface area contributed by atoms with Gasteiger partial charge in [-0.3, -0.25) is 4.90 Å². The molecule has 0 radical (unpaired) electrons. The fraction of sp³-hybridized carbons (Fsp3) is 0.444. The number of rotatable bonds is 8. The maximum Gasteiger partial charge on any atom is 0.315 e. The minimum absolute atomic E-state index is 0.00919. The van der Waals surface area contributed by atoms with E-state index in [1.165, 1.54) is 12.4 Å². The van der Waals surface area contributed by atoms with Gasteiger partial charge in [0.2, 0.25) is 0 Å². The first kappa shape index (κ1) is 26.9. The van der Waals surface area contributed by atoms with Crippen molar-refractivity contribution < 1.29 is 13.9 Å². The number of hydrogen-bond acceptors (Lipinski definition) is 6. The second-order valence-electron chi connectivity index (χ2n) is 9.91. The molecule has 1 aliphatic rings. The zero-order valence-electron chi connectivity index (χ0n) is 21.7. The summed E-state index contributed by atoms with van der Waals surface area (Å²) < 4.78 is 20.5. The normalized spacial score (nSPS) is 19.1. The fourth-order valence-corrected chi connectivity index (χ4v) is 5.53. The highest BCUT2D eigenvalue weighted by molar-refractivity contribution is 6.31. The van der Waals surface area contributed by atoms with E-state index in [9.17, 15) is 9.18 Å². The van der Waals surface area contributed by atoms with Crippen LogP contribution in [0.15, 0.2) is 36.7 Å². The molecule has 198 valence electrons. The molecule has 0 bridgehead atoms. The van der Waals surface area contributed by atoms with Crippen molar-refractivity contribution in [2.45, 2.75) is 39.2 Å². The van der Waals surface area contributed by atoms with Gasteiger partial charge in [0, 0.05) is 43.2 Å². The van der Waals surface area contributed by atoms with Crippen LogP contribution in [0.5, 0.6) is 5.75 Å². The third-order valence-corrected chi connectivity index (χ3v) is 7.42. The number of amides is 2. The molecule has 0 saturated carbocycles. The lowest BCUT2D eigenvalue weighted by Crippen LogP contribution is -2.62. The predicted octanol–water partition coefficient (Wildman–Crippen LogP) is 5.52. The third-order valence-electron chi connectivity index (χ3n) is 7.13. The number of nitrogens with two attached hydrogens (primary N) is 1. The fourth-order valence-electron chi connectivity index (χ4n) is 5.35. The molecule has 2 amide bonds. The Morgan fingerprint density at radius 2 is 2.11 bits per heavy atom. The number of halogens is 2. The standard InChI is InChI=1S/C27H34ClFN6O2/c1-5-7-17(2)14-34-10-11-35(26(30)36)27(3,15-34)19-12-18-22(13-23(19)37-4)31-16-32-25(18)33-21-9-6-8-20(28)24(21)29/h6,8-9,12-13,16-17H,5,7,10-11,14-15H2,1-4H3,(H2,30,36)(H,31,32,33)/t17?,27-/m0/s1. The zero-order chi connectivity index (χ0) is 26.7. The summed E-state index contributed by atoms with van der Waals surface area (Å²) in [6, 6.07) is 7.97. The van der Waals surface area contributed by atoms with Crippen LogP contribution in [-0.2, 0) is 5.54 Å². The number of anilines is 2. The van der Waals surface area contributed by atoms with Gasteiger partial charge in [0.15, 0.2) is 5.82 Å². The molecule has 1 saturated heterocycles. The first-order valence-electron chi connectivity index (χ1n) is 12.5. The van der Waals surface area contributed by atoms with Crippen LogP contribution in [-0.4, -0.2) is 59.1 Å². The topological polar surface area (TPSA) is 96.6 Å². The Labute approximate surface area is 222 Å². The van der Waals surface area contributed by atoms with E-state index in [1.54, 1.807) is 24.1 Å². The lowest BCUT2D eigenvalue weighted by Gasteiger charge is -2.49. The van der Waals surface area contributed by atoms with E-state index < -0.39 is 17.4 Å². The first-order valence-corrected chi connectivity index (χ1v) is 12.9. The number of nitrogens with one attached hydrogen (secondary N) is 1. The highest BCUT2D eigenvalue weighted by Gasteiger charge is 2.43. The molecule has 10 heteroatoms. The van der Waals surface area contributed by atoms with Crippen LogP contribution in [0.2, 0.25) is 5.02 Å². The third kappa shape index (κ3) is 5.43. The lowest BCUT2D eigenvalue weighted by molar-refractivity contribution is 0.0283. The molecule has 3 aromatic rings. The van der Waals surface area contributed by atoms with Gasteiger partial charge in [0.1, 0.15) is 17.9 Å². The van der Waals surface area contributed by atoms with Gasteiger partial charge in [-0.15, -0.1) is 0 Å². The highest BCUT2D eigenvalue weighted by Crippen LogP contribution is 2.41. The maximum absolute atomic E-state index is 14.7. The smallest absolute Gasteiger partial charge is 0.315 e. The molecule has 8 nitrogen and oxygen atoms in total. The molecule has 4 rings (SSSR count). The molecule has 1 aromatic heterocycles. The van der Waals surface area contributed by atoms with Gasteiger partial charge in [-0.1, -0.05) is 37.9 Å². The van der Waals surface area contributed by atoms with Gasteiger partial charge in [-0.2, -0.15) is 0 Å². The van der Waals surface area contributed by atoms with Gasteiger partial charge in [0.05, 0.1) is 28.9 Å². The van der Waals surface area contributed by atoms with Gasteiger partial charge in [0.25, 0.3) is 0 Å². The van der Waals surface area contributed by atoms with Crippen molar-refractivity contribution in [1.29, 1.82) is 0 Å². The molecule has 2 heterocycles. The molecule has 0 spiro atoms. The number of piperazine rings is 1. The SMILES string of the molecule is CCCC(C)CN1CCN(C(N)=O)[C@](C)(c2cc3c(Nc4cccc(Cl)c4F)ncnc3cc2OC)C1. The molecule has 1 unspecified atom stereocenters. The van der Waals surface area contributed by atoms with Crippen LogP contribution in [0.1, 0.15) is 39.2 Å². The van der Waals surface area contributed by atoms with E-state index >= 15 is 0 Å². The van der Waals surface area contributed by atoms with Crippen LogP contribution < -0.4 is 15.8 Å². The van der Waals surface area contributed by atoms with E-state index in [-0.39, 0.29) is 10.7 Å². The summed E-state index contributed by atoms with van der Waals surface area (Å²) in [5.74, 6) is 0.960. The Morgan fingerprint density at radius 3 is 2.81 bits per heavy atom. The van der Waals surface area contributed by atoms with Crippen molar-refractivity contribution in [1.82, 2.24) is 19.8 Å². The van der Waals surface area contributed by atoms with E-state index in [0.29, 0.717) is 41.5 Å². The van der Waals surface area contributed by atoms with Gasteiger partial charge in [-0.05, 0) is 37.5 Å². The molecule has 1 fully saturated rings. The largest absolute Gasteiger partial charge is 0.496 e. The van der Waals surface area contributed by atoms with E-state index in [2.05, 4.69) is 34.0 Å². The number of fused-ring (bicyclic) bond motifs is 1. The second kappa shape index (κ2) is 11.1. The highest BCUT2D eigenvalue weighted by atomic mass is 35.5. The molecular formula is C27H34ClFN6O2. The first-order chi connectivity index (χ1) is 17.7. The molecule has 3 N–H and O–H groups in total. The zero-order valence-corrected chi connectivity index (χ0v) is 22.5. The molecular weight excluding hydrogens is 495 g/mol. The number of carbonyl (C=O) groups excluding carboxylic acids is 1. The van der Waals surface area contributed by atoms with Crippen molar-refractivity contribution in [2.75, 3.05) is 38.6 Å². The van der Waals surface area contributed by atoms with Crippen molar-refractivity contribution in [3.05, 3.63) is 53.1 Å². The number of benzene rings is 2. The summed E-state index contributed by atoms with van der Waals surface area (Å²) in [5, 5.41) is 3.71. The number of hydrogen-bond donors (Lipinski definition) is 2. The van der Waals surface area contributed by atoms with Crippen LogP contribution in [0, 0.1) is 11.7 Å². The van der Waals surface area contributed by atoms with Crippen molar-refractivity contribution >= 4 is 40.0 Å². The lowest BCUT2D eigenvalue weighted by atomic mass is 9.85. The van der Waals surface area contributed by atoms with Gasteiger partial charge >= 0.3 is 6.03 Å². The van der Waals surface area contributed by atoms with Crippen molar-refractivity contribution in [3.63, 3.8) is 0 Å². The van der Waals surface area contributed by atoms with Crippen LogP contribution in [0.25, 0.3) is 10.9 Å². The quantitative estimate of drug-likeness (QED) is 0.399. The summed E-state index contributed by atoms with van der Waals surface area (Å²) in [5.41, 5.74) is 6.69.